The summed E-state index contributed by atoms with van der Waals surface area (Å²) >= 11 is -1.53. The second kappa shape index (κ2) is 14.9. The zero-order valence-electron chi connectivity index (χ0n) is 23.5. The molecule has 44 heavy (non-hydrogen) atoms. The molecule has 0 spiro atoms. The van der Waals surface area contributed by atoms with Gasteiger partial charge in [-0.05, 0) is 0 Å². The summed E-state index contributed by atoms with van der Waals surface area (Å²) in [6.07, 6.45) is -7.07. The molecule has 0 amide bonds. The molecule has 0 N–H and O–H groups in total. The van der Waals surface area contributed by atoms with Crippen molar-refractivity contribution >= 4 is 46.3 Å². The van der Waals surface area contributed by atoms with Crippen LogP contribution in [0.15, 0.2) is 121 Å². The van der Waals surface area contributed by atoms with Gasteiger partial charge in [-0.1, -0.05) is 0 Å². The van der Waals surface area contributed by atoms with Crippen LogP contribution in [0.4, 0.5) is 0 Å². The Morgan fingerprint density at radius 3 is 1.36 bits per heavy atom. The van der Waals surface area contributed by atoms with Crippen LogP contribution in [0.25, 0.3) is 0 Å². The molecule has 4 aromatic rings. The van der Waals surface area contributed by atoms with Crippen molar-refractivity contribution in [3.05, 3.63) is 138 Å². The monoisotopic (exact) mass is 710 g/mol. The van der Waals surface area contributed by atoms with E-state index in [0.717, 1.165) is 3.61 Å². The molecule has 4 aromatic carbocycles. The van der Waals surface area contributed by atoms with Crippen molar-refractivity contribution in [2.75, 3.05) is 7.11 Å². The van der Waals surface area contributed by atoms with E-state index in [1.807, 2.05) is 30.3 Å². The summed E-state index contributed by atoms with van der Waals surface area (Å²) < 4.78 is 29.9. The first-order valence-electron chi connectivity index (χ1n) is 13.7. The number of hydrogen-bond donors (Lipinski definition) is 0. The molecular formula is C34H28O9Te. The number of rotatable bonds is 10. The third-order valence-electron chi connectivity index (χ3n) is 6.68. The average Bonchev–Trinajstić information content (AvgIpc) is 3.07. The molecule has 0 radical (unpaired) electrons. The number of carbonyl (C=O) groups excluding carboxylic acids is 4. The van der Waals surface area contributed by atoms with Gasteiger partial charge in [-0.25, -0.2) is 0 Å². The van der Waals surface area contributed by atoms with Crippen molar-refractivity contribution in [2.24, 2.45) is 0 Å². The Balaban J connectivity index is 1.55. The molecule has 0 aromatic heterocycles. The topological polar surface area (TPSA) is 114 Å². The first-order valence-corrected chi connectivity index (χ1v) is 16.0. The van der Waals surface area contributed by atoms with E-state index in [1.54, 1.807) is 91.0 Å². The van der Waals surface area contributed by atoms with Crippen LogP contribution in [-0.2, 0) is 28.5 Å². The molecule has 0 saturated carbocycles. The Morgan fingerprint density at radius 1 is 0.545 bits per heavy atom. The molecule has 5 atom stereocenters. The molecule has 9 nitrogen and oxygen atoms in total. The molecular weight excluding hydrogens is 680 g/mol. The van der Waals surface area contributed by atoms with Crippen LogP contribution in [-0.4, -0.2) is 80.5 Å². The van der Waals surface area contributed by atoms with Gasteiger partial charge in [0.2, 0.25) is 0 Å². The van der Waals surface area contributed by atoms with E-state index in [-0.39, 0.29) is 20.5 Å². The van der Waals surface area contributed by atoms with Crippen LogP contribution in [0.2, 0.25) is 0 Å². The van der Waals surface area contributed by atoms with E-state index in [9.17, 15) is 19.2 Å². The van der Waals surface area contributed by atoms with E-state index in [2.05, 4.69) is 0 Å². The minimum absolute atomic E-state index is 0.204. The summed E-state index contributed by atoms with van der Waals surface area (Å²) in [6.45, 7) is 0. The SMILES string of the molecule is CO[C@@H]1O[C@H](C(=O)[Te]c2ccccc2)[C@H](OC(=O)c2ccccc2)[C@H](OC(=O)c2ccccc2)[C@H]1OC(=O)c1ccccc1. The van der Waals surface area contributed by atoms with Crippen molar-refractivity contribution in [1.82, 2.24) is 0 Å². The number of esters is 3. The fraction of sp³-hybridized carbons (Fsp3) is 0.176. The number of ether oxygens (including phenoxy) is 5. The van der Waals surface area contributed by atoms with Gasteiger partial charge in [0.05, 0.1) is 0 Å². The van der Waals surface area contributed by atoms with Gasteiger partial charge in [-0.15, -0.1) is 0 Å². The fourth-order valence-corrected chi connectivity index (χ4v) is 6.91. The molecule has 1 aliphatic rings. The van der Waals surface area contributed by atoms with E-state index in [0.29, 0.717) is 0 Å². The maximum atomic E-state index is 13.8. The van der Waals surface area contributed by atoms with Crippen molar-refractivity contribution in [3.63, 3.8) is 0 Å². The van der Waals surface area contributed by atoms with Crippen LogP contribution in [0.5, 0.6) is 0 Å². The standard InChI is InChI=1S/C34H28O9Te/c1-39-34-29(42-32(37)24-18-10-4-11-19-24)27(41-31(36)23-16-8-3-9-17-23)26(40-30(35)22-14-6-2-7-15-22)28(43-34)33(38)44-25-20-12-5-13-21-25/h2-21,26-29,34H,1H3/t26-,27+,28+,29-,34-/m1/s1. The summed E-state index contributed by atoms with van der Waals surface area (Å²) in [7, 11) is 1.32. The number of benzene rings is 4. The molecule has 1 aliphatic heterocycles. The fourth-order valence-electron chi connectivity index (χ4n) is 4.54. The minimum atomic E-state index is -1.53. The van der Waals surface area contributed by atoms with Gasteiger partial charge in [-0.3, -0.25) is 0 Å². The molecule has 0 aliphatic carbocycles. The van der Waals surface area contributed by atoms with Gasteiger partial charge in [-0.2, -0.15) is 0 Å². The Bertz CT molecular complexity index is 1570. The normalized spacial score (nSPS) is 21.1. The van der Waals surface area contributed by atoms with E-state index >= 15 is 0 Å². The summed E-state index contributed by atoms with van der Waals surface area (Å²) in [5.74, 6) is -2.31. The number of carbonyl (C=O) groups is 4. The Labute approximate surface area is 264 Å². The number of methoxy groups -OCH3 is 1. The second-order valence-electron chi connectivity index (χ2n) is 9.60. The van der Waals surface area contributed by atoms with Gasteiger partial charge >= 0.3 is 265 Å². The van der Waals surface area contributed by atoms with Crippen LogP contribution in [0, 0.1) is 0 Å². The molecule has 5 rings (SSSR count). The average molecular weight is 708 g/mol. The van der Waals surface area contributed by atoms with Gasteiger partial charge in [0, 0.05) is 0 Å². The first-order chi connectivity index (χ1) is 21.4. The van der Waals surface area contributed by atoms with E-state index in [1.165, 1.54) is 7.11 Å². The molecule has 1 fully saturated rings. The summed E-state index contributed by atoms with van der Waals surface area (Å²) in [6, 6.07) is 33.7. The van der Waals surface area contributed by atoms with Crippen molar-refractivity contribution in [3.8, 4) is 0 Å². The van der Waals surface area contributed by atoms with Gasteiger partial charge in [0.15, 0.2) is 0 Å². The molecule has 0 bridgehead atoms. The van der Waals surface area contributed by atoms with E-state index < -0.39 is 69.5 Å². The molecule has 224 valence electrons. The van der Waals surface area contributed by atoms with Gasteiger partial charge in [0.25, 0.3) is 0 Å². The molecule has 1 heterocycles. The van der Waals surface area contributed by atoms with Crippen LogP contribution >= 0.6 is 0 Å². The first kappa shape index (κ1) is 31.1. The van der Waals surface area contributed by atoms with Crippen molar-refractivity contribution < 1.29 is 42.9 Å². The van der Waals surface area contributed by atoms with Crippen molar-refractivity contribution in [1.29, 1.82) is 0 Å². The van der Waals surface area contributed by atoms with Gasteiger partial charge in [0.1, 0.15) is 0 Å². The quantitative estimate of drug-likeness (QED) is 0.139. The van der Waals surface area contributed by atoms with Crippen LogP contribution in [0.3, 0.4) is 0 Å². The van der Waals surface area contributed by atoms with Gasteiger partial charge < -0.3 is 0 Å². The summed E-state index contributed by atoms with van der Waals surface area (Å²) in [5, 5.41) is 0. The maximum absolute atomic E-state index is 13.8. The molecule has 0 unspecified atom stereocenters. The Hall–Kier alpha value is -4.33. The Kier molecular flexibility index (Phi) is 10.5. The predicted molar refractivity (Wildman–Crippen MR) is 159 cm³/mol. The van der Waals surface area contributed by atoms with Crippen LogP contribution < -0.4 is 3.61 Å². The zero-order valence-corrected chi connectivity index (χ0v) is 25.8. The third kappa shape index (κ3) is 7.59. The summed E-state index contributed by atoms with van der Waals surface area (Å²) in [5.41, 5.74) is 0.635. The van der Waals surface area contributed by atoms with Crippen LogP contribution in [0.1, 0.15) is 31.1 Å². The predicted octanol–water partition coefficient (Wildman–Crippen LogP) is 3.59. The third-order valence-corrected chi connectivity index (χ3v) is 9.37. The zero-order chi connectivity index (χ0) is 30.9. The summed E-state index contributed by atoms with van der Waals surface area (Å²) in [4.78, 5) is 53.9. The number of hydrogen-bond acceptors (Lipinski definition) is 9. The van der Waals surface area contributed by atoms with Crippen molar-refractivity contribution in [2.45, 2.75) is 30.7 Å². The Morgan fingerprint density at radius 2 is 0.932 bits per heavy atom. The molecule has 10 heteroatoms. The second-order valence-corrected chi connectivity index (χ2v) is 12.7. The molecule has 1 saturated heterocycles. The van der Waals surface area contributed by atoms with E-state index in [4.69, 9.17) is 23.7 Å².